The zero-order valence-electron chi connectivity index (χ0n) is 17.0. The summed E-state index contributed by atoms with van der Waals surface area (Å²) < 4.78 is 11.0. The lowest BCUT2D eigenvalue weighted by atomic mass is 9.81. The van der Waals surface area contributed by atoms with Gasteiger partial charge in [-0.2, -0.15) is 0 Å². The molecule has 2 atom stereocenters. The fourth-order valence-electron chi connectivity index (χ4n) is 5.14. The normalized spacial score (nSPS) is 27.7. The molecule has 1 N–H and O–H groups in total. The predicted octanol–water partition coefficient (Wildman–Crippen LogP) is 3.95. The quantitative estimate of drug-likeness (QED) is 0.549. The van der Waals surface area contributed by atoms with Gasteiger partial charge in [-0.05, 0) is 72.7 Å². The van der Waals surface area contributed by atoms with E-state index in [0.29, 0.717) is 36.0 Å². The van der Waals surface area contributed by atoms with E-state index in [1.54, 1.807) is 24.3 Å². The van der Waals surface area contributed by atoms with Crippen molar-refractivity contribution in [3.63, 3.8) is 0 Å². The molecule has 164 valence electrons. The number of hydrogen-bond acceptors (Lipinski definition) is 7. The standard InChI is InChI=1S/C23H24ClNO5S/c24-17-6-4-16(5-7-17)22(28)10-12-25(23(14-22)29-20(26)21(27)30-23)11-8-15-2-1-3-19-18(15)9-13-31-19/h4-7,9,13,15,28H,1-3,8,10-12,14H2. The number of carbonyl (C=O) groups excluding carboxylic acids is 2. The molecule has 1 spiro atoms. The summed E-state index contributed by atoms with van der Waals surface area (Å²) in [4.78, 5) is 27.4. The molecule has 8 heteroatoms. The highest BCUT2D eigenvalue weighted by molar-refractivity contribution is 7.10. The van der Waals surface area contributed by atoms with Gasteiger partial charge in [0.15, 0.2) is 0 Å². The van der Waals surface area contributed by atoms with E-state index in [1.807, 2.05) is 16.2 Å². The fourth-order valence-corrected chi connectivity index (χ4v) is 6.28. The highest BCUT2D eigenvalue weighted by atomic mass is 35.5. The van der Waals surface area contributed by atoms with Gasteiger partial charge in [-0.1, -0.05) is 23.7 Å². The van der Waals surface area contributed by atoms with Crippen molar-refractivity contribution in [2.24, 2.45) is 0 Å². The van der Waals surface area contributed by atoms with E-state index in [9.17, 15) is 14.7 Å². The average Bonchev–Trinajstić information content (AvgIpc) is 3.33. The minimum absolute atomic E-state index is 0.0342. The molecule has 1 aliphatic carbocycles. The maximum atomic E-state index is 12.0. The van der Waals surface area contributed by atoms with Gasteiger partial charge in [0.1, 0.15) is 0 Å². The summed E-state index contributed by atoms with van der Waals surface area (Å²) >= 11 is 7.81. The molecule has 2 aromatic rings. The second kappa shape index (κ2) is 7.89. The summed E-state index contributed by atoms with van der Waals surface area (Å²) in [7, 11) is 0. The van der Waals surface area contributed by atoms with Gasteiger partial charge in [0, 0.05) is 23.0 Å². The Bertz CT molecular complexity index is 990. The van der Waals surface area contributed by atoms with Gasteiger partial charge >= 0.3 is 17.8 Å². The number of ether oxygens (including phenoxy) is 2. The number of benzene rings is 1. The first kappa shape index (κ1) is 20.9. The topological polar surface area (TPSA) is 76.1 Å². The number of nitrogens with zero attached hydrogens (tertiary/aromatic N) is 1. The number of fused-ring (bicyclic) bond motifs is 1. The third kappa shape index (κ3) is 3.78. The fraction of sp³-hybridized carbons (Fsp3) is 0.478. The first-order valence-corrected chi connectivity index (χ1v) is 11.9. The van der Waals surface area contributed by atoms with Crippen LogP contribution in [-0.2, 0) is 31.1 Å². The SMILES string of the molecule is O=C1OC2(CC(O)(c3ccc(Cl)cc3)CCN2CCC2CCCc3sccc32)OC1=O. The maximum absolute atomic E-state index is 12.0. The van der Waals surface area contributed by atoms with Crippen LogP contribution in [0.1, 0.15) is 54.0 Å². The molecule has 5 rings (SSSR count). The Hall–Kier alpha value is -1.93. The summed E-state index contributed by atoms with van der Waals surface area (Å²) in [5.41, 5.74) is 0.780. The number of aliphatic hydroxyl groups is 1. The van der Waals surface area contributed by atoms with Crippen molar-refractivity contribution in [2.45, 2.75) is 56.0 Å². The highest BCUT2D eigenvalue weighted by Crippen LogP contribution is 2.46. The molecule has 0 amide bonds. The Morgan fingerprint density at radius 2 is 1.90 bits per heavy atom. The van der Waals surface area contributed by atoms with Crippen molar-refractivity contribution in [3.8, 4) is 0 Å². The van der Waals surface area contributed by atoms with E-state index in [4.69, 9.17) is 21.1 Å². The monoisotopic (exact) mass is 461 g/mol. The summed E-state index contributed by atoms with van der Waals surface area (Å²) in [6.45, 7) is 1.04. The molecule has 0 saturated carbocycles. The third-order valence-electron chi connectivity index (χ3n) is 6.77. The number of aryl methyl sites for hydroxylation is 1. The third-order valence-corrected chi connectivity index (χ3v) is 8.02. The molecular weight excluding hydrogens is 438 g/mol. The van der Waals surface area contributed by atoms with Crippen LogP contribution in [0.3, 0.4) is 0 Å². The number of likely N-dealkylation sites (tertiary alicyclic amines) is 1. The number of carbonyl (C=O) groups is 2. The molecule has 31 heavy (non-hydrogen) atoms. The van der Waals surface area contributed by atoms with Crippen molar-refractivity contribution < 1.29 is 24.2 Å². The molecular formula is C23H24ClNO5S. The number of esters is 2. The van der Waals surface area contributed by atoms with E-state index in [0.717, 1.165) is 19.3 Å². The van der Waals surface area contributed by atoms with Crippen LogP contribution in [0.5, 0.6) is 0 Å². The van der Waals surface area contributed by atoms with Crippen LogP contribution in [-0.4, -0.2) is 40.9 Å². The first-order valence-electron chi connectivity index (χ1n) is 10.6. The first-order chi connectivity index (χ1) is 14.9. The molecule has 2 fully saturated rings. The van der Waals surface area contributed by atoms with E-state index >= 15 is 0 Å². The number of rotatable bonds is 4. The summed E-state index contributed by atoms with van der Waals surface area (Å²) in [6.07, 6.45) is 4.70. The Morgan fingerprint density at radius 3 is 2.65 bits per heavy atom. The van der Waals surface area contributed by atoms with Crippen LogP contribution in [0.2, 0.25) is 5.02 Å². The van der Waals surface area contributed by atoms with Crippen LogP contribution in [0.4, 0.5) is 0 Å². The van der Waals surface area contributed by atoms with Gasteiger partial charge in [-0.25, -0.2) is 14.5 Å². The van der Waals surface area contributed by atoms with E-state index < -0.39 is 23.5 Å². The van der Waals surface area contributed by atoms with Gasteiger partial charge in [0.2, 0.25) is 0 Å². The van der Waals surface area contributed by atoms with Crippen molar-refractivity contribution in [3.05, 3.63) is 56.7 Å². The molecule has 0 bridgehead atoms. The summed E-state index contributed by atoms with van der Waals surface area (Å²) in [5, 5.41) is 14.1. The van der Waals surface area contributed by atoms with Gasteiger partial charge in [-0.3, -0.25) is 0 Å². The summed E-state index contributed by atoms with van der Waals surface area (Å²) in [5.74, 6) is -3.16. The van der Waals surface area contributed by atoms with Crippen molar-refractivity contribution in [2.75, 3.05) is 13.1 Å². The number of thiophene rings is 1. The molecule has 2 aliphatic heterocycles. The van der Waals surface area contributed by atoms with Crippen LogP contribution in [0.15, 0.2) is 35.7 Å². The van der Waals surface area contributed by atoms with E-state index in [2.05, 4.69) is 11.4 Å². The number of piperidine rings is 1. The van der Waals surface area contributed by atoms with Gasteiger partial charge in [0.05, 0.1) is 12.0 Å². The van der Waals surface area contributed by atoms with Crippen LogP contribution in [0.25, 0.3) is 0 Å². The van der Waals surface area contributed by atoms with Crippen molar-refractivity contribution in [1.82, 2.24) is 4.90 Å². The van der Waals surface area contributed by atoms with Crippen molar-refractivity contribution >= 4 is 34.9 Å². The molecule has 3 aliphatic rings. The van der Waals surface area contributed by atoms with Gasteiger partial charge in [-0.15, -0.1) is 11.3 Å². The molecule has 3 heterocycles. The minimum atomic E-state index is -1.58. The Labute approximate surface area is 189 Å². The Kier molecular flexibility index (Phi) is 5.33. The van der Waals surface area contributed by atoms with Gasteiger partial charge < -0.3 is 14.6 Å². The second-order valence-corrected chi connectivity index (χ2v) is 10.1. The molecule has 0 radical (unpaired) electrons. The largest absolute Gasteiger partial charge is 0.421 e. The Balaban J connectivity index is 1.38. The van der Waals surface area contributed by atoms with Crippen molar-refractivity contribution in [1.29, 1.82) is 0 Å². The molecule has 2 unspecified atom stereocenters. The predicted molar refractivity (Wildman–Crippen MR) is 116 cm³/mol. The lowest BCUT2D eigenvalue weighted by Gasteiger charge is -2.47. The number of hydrogen-bond donors (Lipinski definition) is 1. The minimum Gasteiger partial charge on any atom is -0.400 e. The highest BCUT2D eigenvalue weighted by Gasteiger charge is 2.60. The van der Waals surface area contributed by atoms with Crippen LogP contribution >= 0.6 is 22.9 Å². The zero-order chi connectivity index (χ0) is 21.6. The lowest BCUT2D eigenvalue weighted by Crippen LogP contribution is -2.59. The molecule has 1 aromatic carbocycles. The van der Waals surface area contributed by atoms with E-state index in [1.165, 1.54) is 16.9 Å². The average molecular weight is 462 g/mol. The zero-order valence-corrected chi connectivity index (χ0v) is 18.6. The maximum Gasteiger partial charge on any atom is 0.421 e. The second-order valence-electron chi connectivity index (χ2n) is 8.62. The molecule has 2 saturated heterocycles. The summed E-state index contributed by atoms with van der Waals surface area (Å²) in [6, 6.07) is 9.14. The smallest absolute Gasteiger partial charge is 0.400 e. The lowest BCUT2D eigenvalue weighted by molar-refractivity contribution is -0.293. The number of halogens is 1. The Morgan fingerprint density at radius 1 is 1.16 bits per heavy atom. The van der Waals surface area contributed by atoms with Crippen LogP contribution < -0.4 is 0 Å². The van der Waals surface area contributed by atoms with Crippen LogP contribution in [0, 0.1) is 0 Å². The molecule has 6 nitrogen and oxygen atoms in total. The van der Waals surface area contributed by atoms with E-state index in [-0.39, 0.29) is 6.42 Å². The molecule has 1 aromatic heterocycles. The van der Waals surface area contributed by atoms with Gasteiger partial charge in [0.25, 0.3) is 0 Å².